The fourth-order valence-corrected chi connectivity index (χ4v) is 0.929. The van der Waals surface area contributed by atoms with Crippen LogP contribution in [0, 0.1) is 0 Å². The van der Waals surface area contributed by atoms with E-state index in [4.69, 9.17) is 16.8 Å². The highest BCUT2D eigenvalue weighted by Crippen LogP contribution is 2.18. The number of ether oxygens (including phenoxy) is 1. The second-order valence-electron chi connectivity index (χ2n) is 2.29. The van der Waals surface area contributed by atoms with E-state index in [1.807, 2.05) is 0 Å². The van der Waals surface area contributed by atoms with Crippen molar-refractivity contribution < 1.29 is 19.6 Å². The van der Waals surface area contributed by atoms with Crippen LogP contribution in [-0.4, -0.2) is 17.7 Å². The lowest BCUT2D eigenvalue weighted by molar-refractivity contribution is -0.0109. The quantitative estimate of drug-likeness (QED) is 0.621. The molecule has 5 nitrogen and oxygen atoms in total. The molecule has 14 heavy (non-hydrogen) atoms. The number of hydrogen-bond acceptors (Lipinski definition) is 5. The van der Waals surface area contributed by atoms with Crippen molar-refractivity contribution in [2.75, 3.05) is 12.3 Å². The highest BCUT2D eigenvalue weighted by atomic mass is 35.5. The first kappa shape index (κ1) is 10.8. The average Bonchev–Trinajstić information content (AvgIpc) is 2.17. The number of anilines is 1. The largest absolute Gasteiger partial charge is 0.415 e. The van der Waals surface area contributed by atoms with Gasteiger partial charge in [-0.1, -0.05) is 0 Å². The van der Waals surface area contributed by atoms with Crippen molar-refractivity contribution in [2.24, 2.45) is 0 Å². The third-order valence-corrected chi connectivity index (χ3v) is 1.51. The summed E-state index contributed by atoms with van der Waals surface area (Å²) in [4.78, 5) is 14.9. The van der Waals surface area contributed by atoms with Crippen molar-refractivity contribution in [2.45, 2.75) is 0 Å². The maximum atomic E-state index is 10.3. The van der Waals surface area contributed by atoms with Gasteiger partial charge in [-0.2, -0.15) is 0 Å². The van der Waals surface area contributed by atoms with Gasteiger partial charge in [0, 0.05) is 11.6 Å². The second kappa shape index (κ2) is 4.80. The molecule has 0 atom stereocenters. The van der Waals surface area contributed by atoms with Gasteiger partial charge in [-0.3, -0.25) is 10.0 Å². The number of rotatable bonds is 3. The number of hydrogen-bond donors (Lipinski definition) is 1. The van der Waals surface area contributed by atoms with E-state index in [0.717, 1.165) is 0 Å². The summed E-state index contributed by atoms with van der Waals surface area (Å²) in [5.41, 5.74) is -0.507. The van der Waals surface area contributed by atoms with Crippen LogP contribution in [0.2, 0.25) is 0 Å². The van der Waals surface area contributed by atoms with Gasteiger partial charge in [-0.25, -0.2) is 4.79 Å². The van der Waals surface area contributed by atoms with Gasteiger partial charge >= 0.3 is 5.43 Å². The van der Waals surface area contributed by atoms with Gasteiger partial charge < -0.3 is 4.74 Å². The van der Waals surface area contributed by atoms with Crippen molar-refractivity contribution >= 4 is 22.7 Å². The van der Waals surface area contributed by atoms with Crippen LogP contribution in [0.5, 0.6) is 5.75 Å². The van der Waals surface area contributed by atoms with E-state index in [9.17, 15) is 4.79 Å². The minimum Gasteiger partial charge on any atom is -0.415 e. The molecule has 0 fully saturated rings. The molecule has 0 heterocycles. The Morgan fingerprint density at radius 2 is 2.00 bits per heavy atom. The van der Waals surface area contributed by atoms with Crippen molar-refractivity contribution in [1.82, 2.24) is 0 Å². The molecule has 0 aromatic heterocycles. The number of nitrogens with zero attached hydrogens (tertiary/aromatic N) is 1. The zero-order chi connectivity index (χ0) is 10.6. The Morgan fingerprint density at radius 3 is 2.43 bits per heavy atom. The summed E-state index contributed by atoms with van der Waals surface area (Å²) in [6.07, 6.45) is 0. The molecule has 0 spiro atoms. The predicted molar refractivity (Wildman–Crippen MR) is 49.6 cm³/mol. The van der Waals surface area contributed by atoms with Crippen molar-refractivity contribution in [3.63, 3.8) is 0 Å². The van der Waals surface area contributed by atoms with E-state index in [1.54, 1.807) is 0 Å². The summed E-state index contributed by atoms with van der Waals surface area (Å²) in [6, 6.07) is 5.94. The zero-order valence-corrected chi connectivity index (χ0v) is 8.06. The molecule has 0 aliphatic heterocycles. The summed E-state index contributed by atoms with van der Waals surface area (Å²) in [5.74, 6) is 0.290. The average molecular weight is 218 g/mol. The molecule has 1 aromatic rings. The number of carbonyl (C=O) groups is 1. The molecule has 0 aliphatic rings. The molecule has 0 unspecified atom stereocenters. The first-order valence-electron chi connectivity index (χ1n) is 3.64. The molecule has 0 saturated carbocycles. The lowest BCUT2D eigenvalue weighted by atomic mass is 10.3. The van der Waals surface area contributed by atoms with E-state index in [-0.39, 0.29) is 0 Å². The van der Waals surface area contributed by atoms with Gasteiger partial charge in [0.15, 0.2) is 0 Å². The lowest BCUT2D eigenvalue weighted by Gasteiger charge is -2.12. The number of benzene rings is 1. The normalized spacial score (nSPS) is 9.64. The molecule has 0 amide bonds. The molecule has 1 N–H and O–H groups in total. The molecular formula is C8H8ClNO4. The first-order valence-corrected chi connectivity index (χ1v) is 4.02. The Balaban J connectivity index is 2.73. The van der Waals surface area contributed by atoms with Gasteiger partial charge in [0.1, 0.15) is 5.75 Å². The number of halogens is 1. The third-order valence-electron chi connectivity index (χ3n) is 1.43. The second-order valence-corrected chi connectivity index (χ2v) is 2.60. The molecule has 0 radical (unpaired) electrons. The minimum absolute atomic E-state index is 0.290. The van der Waals surface area contributed by atoms with Crippen LogP contribution >= 0.6 is 11.6 Å². The fraction of sp³-hybridized carbons (Fsp3) is 0.125. The maximum absolute atomic E-state index is 10.3. The minimum atomic E-state index is -0.912. The lowest BCUT2D eigenvalue weighted by Crippen LogP contribution is -2.15. The monoisotopic (exact) mass is 217 g/mol. The van der Waals surface area contributed by atoms with E-state index in [2.05, 4.69) is 9.57 Å². The molecule has 6 heteroatoms. The van der Waals surface area contributed by atoms with Gasteiger partial charge in [0.25, 0.3) is 0 Å². The molecule has 0 bridgehead atoms. The van der Waals surface area contributed by atoms with Crippen LogP contribution in [0.3, 0.4) is 0 Å². The van der Waals surface area contributed by atoms with Gasteiger partial charge in [-0.15, -0.1) is 5.23 Å². The van der Waals surface area contributed by atoms with Crippen molar-refractivity contribution in [1.29, 1.82) is 0 Å². The Kier molecular flexibility index (Phi) is 3.70. The SMILES string of the molecule is CON(O)c1ccc(OC(=O)Cl)cc1. The summed E-state index contributed by atoms with van der Waals surface area (Å²) >= 11 is 5.00. The Hall–Kier alpha value is -1.30. The summed E-state index contributed by atoms with van der Waals surface area (Å²) < 4.78 is 4.57. The smallest absolute Gasteiger partial charge is 0.409 e. The standard InChI is InChI=1S/C8H8ClNO4/c1-13-10(12)6-2-4-7(5-3-6)14-8(9)11/h2-5,12H,1H3. The van der Waals surface area contributed by atoms with E-state index < -0.39 is 5.43 Å². The Bertz CT molecular complexity index is 314. The van der Waals surface area contributed by atoms with Crippen LogP contribution in [0.4, 0.5) is 10.5 Å². The van der Waals surface area contributed by atoms with Gasteiger partial charge in [0.05, 0.1) is 12.8 Å². The van der Waals surface area contributed by atoms with Gasteiger partial charge in [0.2, 0.25) is 0 Å². The zero-order valence-electron chi connectivity index (χ0n) is 7.31. The third kappa shape index (κ3) is 2.88. The van der Waals surface area contributed by atoms with Crippen LogP contribution in [0.1, 0.15) is 0 Å². The van der Waals surface area contributed by atoms with Crippen LogP contribution < -0.4 is 9.96 Å². The molecule has 76 valence electrons. The fourth-order valence-electron chi connectivity index (χ4n) is 0.840. The first-order chi connectivity index (χ1) is 6.63. The Morgan fingerprint density at radius 1 is 1.43 bits per heavy atom. The molecule has 1 aromatic carbocycles. The summed E-state index contributed by atoms with van der Waals surface area (Å²) in [7, 11) is 1.31. The summed E-state index contributed by atoms with van der Waals surface area (Å²) in [6.45, 7) is 0. The topological polar surface area (TPSA) is 59.0 Å². The maximum Gasteiger partial charge on any atom is 0.409 e. The molecule has 0 saturated heterocycles. The highest BCUT2D eigenvalue weighted by molar-refractivity contribution is 6.61. The summed E-state index contributed by atoms with van der Waals surface area (Å²) in [5, 5.41) is 9.66. The molecule has 0 aliphatic carbocycles. The van der Waals surface area contributed by atoms with E-state index in [0.29, 0.717) is 16.7 Å². The van der Waals surface area contributed by atoms with Crippen LogP contribution in [0.25, 0.3) is 0 Å². The molecular weight excluding hydrogens is 210 g/mol. The highest BCUT2D eigenvalue weighted by Gasteiger charge is 2.03. The van der Waals surface area contributed by atoms with Gasteiger partial charge in [-0.05, 0) is 24.3 Å². The number of carbonyl (C=O) groups excluding carboxylic acids is 1. The molecule has 1 rings (SSSR count). The van der Waals surface area contributed by atoms with Crippen LogP contribution in [0.15, 0.2) is 24.3 Å². The van der Waals surface area contributed by atoms with E-state index in [1.165, 1.54) is 31.4 Å². The van der Waals surface area contributed by atoms with Crippen molar-refractivity contribution in [3.8, 4) is 5.75 Å². The Labute approximate surface area is 85.3 Å². The van der Waals surface area contributed by atoms with E-state index >= 15 is 0 Å². The van der Waals surface area contributed by atoms with Crippen molar-refractivity contribution in [3.05, 3.63) is 24.3 Å². The van der Waals surface area contributed by atoms with Crippen LogP contribution in [-0.2, 0) is 4.84 Å². The predicted octanol–water partition coefficient (Wildman–Crippen LogP) is 2.18.